The van der Waals surface area contributed by atoms with E-state index in [1.807, 2.05) is 45.4 Å². The van der Waals surface area contributed by atoms with Crippen LogP contribution in [0.2, 0.25) is 0 Å². The minimum absolute atomic E-state index is 0.0355. The highest BCUT2D eigenvalue weighted by atomic mass is 19.1. The van der Waals surface area contributed by atoms with Crippen LogP contribution in [0, 0.1) is 0 Å². The van der Waals surface area contributed by atoms with Crippen LogP contribution >= 0.6 is 0 Å². The topological polar surface area (TPSA) is 112 Å². The maximum Gasteiger partial charge on any atom is 0.407 e. The van der Waals surface area contributed by atoms with Crippen molar-refractivity contribution in [2.75, 3.05) is 19.6 Å². The molecule has 11 heteroatoms. The van der Waals surface area contributed by atoms with Crippen LogP contribution in [0.3, 0.4) is 0 Å². The Labute approximate surface area is 206 Å². The third-order valence-electron chi connectivity index (χ3n) is 5.54. The molecule has 196 valence electrons. The first-order valence-corrected chi connectivity index (χ1v) is 11.8. The van der Waals surface area contributed by atoms with Gasteiger partial charge < -0.3 is 20.1 Å². The van der Waals surface area contributed by atoms with E-state index in [1.165, 1.54) is 0 Å². The van der Waals surface area contributed by atoms with E-state index in [1.54, 1.807) is 24.9 Å². The monoisotopic (exact) mass is 494 g/mol. The van der Waals surface area contributed by atoms with Crippen LogP contribution in [0.1, 0.15) is 81.7 Å². The highest BCUT2D eigenvalue weighted by Crippen LogP contribution is 2.37. The van der Waals surface area contributed by atoms with Gasteiger partial charge in [0.1, 0.15) is 17.6 Å². The van der Waals surface area contributed by atoms with Crippen LogP contribution in [-0.2, 0) is 28.7 Å². The lowest BCUT2D eigenvalue weighted by Crippen LogP contribution is -2.33. The summed E-state index contributed by atoms with van der Waals surface area (Å²) in [5, 5.41) is 14.9. The van der Waals surface area contributed by atoms with E-state index in [0.29, 0.717) is 37.4 Å². The first-order chi connectivity index (χ1) is 16.5. The molecule has 1 aliphatic carbocycles. The molecule has 0 aromatic carbocycles. The Morgan fingerprint density at radius 1 is 1.20 bits per heavy atom. The highest BCUT2D eigenvalue weighted by Gasteiger charge is 2.32. The van der Waals surface area contributed by atoms with E-state index in [9.17, 15) is 14.0 Å². The quantitative estimate of drug-likeness (QED) is 0.599. The average Bonchev–Trinajstić information content (AvgIpc) is 3.47. The van der Waals surface area contributed by atoms with Gasteiger partial charge >= 0.3 is 6.09 Å². The summed E-state index contributed by atoms with van der Waals surface area (Å²) in [7, 11) is 3.82. The van der Waals surface area contributed by atoms with Gasteiger partial charge in [0.05, 0.1) is 30.7 Å². The summed E-state index contributed by atoms with van der Waals surface area (Å²) in [6, 6.07) is 3.68. The molecule has 2 heterocycles. The molecule has 2 aromatic rings. The van der Waals surface area contributed by atoms with Gasteiger partial charge in [-0.2, -0.15) is 10.2 Å². The van der Waals surface area contributed by atoms with E-state index in [0.717, 1.165) is 18.5 Å². The lowest BCUT2D eigenvalue weighted by molar-refractivity contribution is 0.0979. The summed E-state index contributed by atoms with van der Waals surface area (Å²) in [6.45, 7) is 10.3. The third-order valence-corrected chi connectivity index (χ3v) is 5.54. The van der Waals surface area contributed by atoms with Gasteiger partial charge in [-0.3, -0.25) is 13.9 Å². The number of ether oxygens (including phenoxy) is 2. The van der Waals surface area contributed by atoms with E-state index < -0.39 is 0 Å². The first kappa shape index (κ1) is 28.3. The van der Waals surface area contributed by atoms with Crippen molar-refractivity contribution in [2.24, 2.45) is 7.05 Å². The van der Waals surface area contributed by atoms with Crippen LogP contribution in [0.5, 0.6) is 0 Å². The lowest BCUT2D eigenvalue weighted by Gasteiger charge is -2.22. The number of hydrogen-bond acceptors (Lipinski definition) is 6. The molecule has 35 heavy (non-hydrogen) atoms. The molecule has 2 unspecified atom stereocenters. The number of methoxy groups -OCH3 is 1. The molecule has 0 bridgehead atoms. The Bertz CT molecular complexity index is 995. The normalized spacial score (nSPS) is 17.7. The Balaban J connectivity index is 0.00000210. The smallest absolute Gasteiger partial charge is 0.407 e. The van der Waals surface area contributed by atoms with Crippen LogP contribution < -0.4 is 10.6 Å². The van der Waals surface area contributed by atoms with Gasteiger partial charge in [-0.1, -0.05) is 0 Å². The Morgan fingerprint density at radius 3 is 2.49 bits per heavy atom. The molecule has 2 N–H and O–H groups in total. The van der Waals surface area contributed by atoms with Crippen molar-refractivity contribution in [3.63, 3.8) is 0 Å². The number of alkyl halides is 1. The summed E-state index contributed by atoms with van der Waals surface area (Å²) >= 11 is 0. The molecular formula is C24H39FN6O4. The van der Waals surface area contributed by atoms with E-state index >= 15 is 0 Å². The van der Waals surface area contributed by atoms with Crippen molar-refractivity contribution in [2.45, 2.75) is 84.1 Å². The predicted molar refractivity (Wildman–Crippen MR) is 131 cm³/mol. The van der Waals surface area contributed by atoms with E-state index in [2.05, 4.69) is 15.7 Å². The summed E-state index contributed by atoms with van der Waals surface area (Å²) in [5.74, 6) is 0.521. The number of hydrogen-bond donors (Lipinski definition) is 2. The summed E-state index contributed by atoms with van der Waals surface area (Å²) in [6.07, 6.45) is 1.85. The van der Waals surface area contributed by atoms with Gasteiger partial charge in [-0.25, -0.2) is 9.48 Å². The Hall–Kier alpha value is -2.95. The second kappa shape index (κ2) is 12.1. The zero-order valence-electron chi connectivity index (χ0n) is 22.0. The number of anilines is 1. The van der Waals surface area contributed by atoms with Crippen LogP contribution in [-0.4, -0.2) is 58.0 Å². The number of carbonyl (C=O) groups is 2. The molecular weight excluding hydrogens is 455 g/mol. The van der Waals surface area contributed by atoms with Gasteiger partial charge in [0.15, 0.2) is 0 Å². The molecule has 2 amide bonds. The fourth-order valence-electron chi connectivity index (χ4n) is 4.07. The van der Waals surface area contributed by atoms with Crippen LogP contribution in [0.15, 0.2) is 12.1 Å². The lowest BCUT2D eigenvalue weighted by atomic mass is 10.0. The second-order valence-corrected chi connectivity index (χ2v) is 9.91. The zero-order chi connectivity index (χ0) is 26.3. The molecule has 1 aliphatic rings. The van der Waals surface area contributed by atoms with Crippen LogP contribution in [0.4, 0.5) is 15.0 Å². The number of nitrogens with one attached hydrogen (secondary N) is 2. The van der Waals surface area contributed by atoms with Crippen molar-refractivity contribution < 1.29 is 23.5 Å². The Kier molecular flexibility index (Phi) is 9.82. The molecule has 2 atom stereocenters. The molecule has 1 fully saturated rings. The number of amides is 2. The second-order valence-electron chi connectivity index (χ2n) is 9.91. The van der Waals surface area contributed by atoms with Gasteiger partial charge in [0, 0.05) is 32.2 Å². The fraction of sp³-hybridized carbons (Fsp3) is 0.667. The number of rotatable bonds is 7. The summed E-state index contributed by atoms with van der Waals surface area (Å²) in [4.78, 5) is 25.0. The Morgan fingerprint density at radius 2 is 1.89 bits per heavy atom. The predicted octanol–water partition coefficient (Wildman–Crippen LogP) is 4.13. The van der Waals surface area contributed by atoms with Crippen molar-refractivity contribution in [1.82, 2.24) is 24.9 Å². The molecule has 0 saturated heterocycles. The molecule has 0 spiro atoms. The third kappa shape index (κ3) is 7.51. The number of aromatic nitrogens is 4. The molecule has 2 aromatic heterocycles. The van der Waals surface area contributed by atoms with E-state index in [4.69, 9.17) is 14.6 Å². The van der Waals surface area contributed by atoms with Gasteiger partial charge in [-0.15, -0.1) is 0 Å². The van der Waals surface area contributed by atoms with E-state index in [-0.39, 0.29) is 35.6 Å². The largest absolute Gasteiger partial charge is 0.446 e. The molecule has 1 saturated carbocycles. The summed E-state index contributed by atoms with van der Waals surface area (Å²) in [5.41, 5.74) is 1.69. The minimum atomic E-state index is -0.382. The minimum Gasteiger partial charge on any atom is -0.446 e. The molecule has 10 nitrogen and oxygen atoms in total. The maximum atomic E-state index is 13.0. The molecule has 0 aliphatic heterocycles. The van der Waals surface area contributed by atoms with Crippen molar-refractivity contribution >= 4 is 17.8 Å². The molecule has 0 radical (unpaired) electrons. The first-order valence-electron chi connectivity index (χ1n) is 11.8. The van der Waals surface area contributed by atoms with Crippen molar-refractivity contribution in [1.29, 1.82) is 0 Å². The zero-order valence-corrected chi connectivity index (χ0v) is 22.0. The fourth-order valence-corrected chi connectivity index (χ4v) is 4.07. The highest BCUT2D eigenvalue weighted by molar-refractivity contribution is 6.02. The van der Waals surface area contributed by atoms with Crippen molar-refractivity contribution in [3.05, 3.63) is 29.2 Å². The number of alkyl carbamates (subject to hydrolysis) is 1. The number of nitrogens with zero attached hydrogens (tertiary/aromatic N) is 4. The number of aryl methyl sites for hydroxylation is 1. The van der Waals surface area contributed by atoms with Gasteiger partial charge in [-0.05, 0) is 59.9 Å². The van der Waals surface area contributed by atoms with Gasteiger partial charge in [0.2, 0.25) is 0 Å². The number of halogens is 1. The maximum absolute atomic E-state index is 13.0. The average molecular weight is 495 g/mol. The molecule has 3 rings (SSSR count). The summed E-state index contributed by atoms with van der Waals surface area (Å²) < 4.78 is 23.6. The number of carbonyl (C=O) groups excluding carboxylic acids is 2. The van der Waals surface area contributed by atoms with Crippen molar-refractivity contribution in [3.8, 4) is 0 Å². The standard InChI is InChI=1S/C23H36N6O4.CH3F/c1-14(2)24-22(31)33-17-9-8-15(10-17)18-12-20(29(27-18)23(3,4)5)25-21(30)19-11-16(13-32-7)26-28(19)6;1-2/h11-12,14-15,17H,8-10,13H2,1-7H3,(H,24,31)(H,25,30);1H3. The van der Waals surface area contributed by atoms with Crippen LogP contribution in [0.25, 0.3) is 0 Å². The van der Waals surface area contributed by atoms with Gasteiger partial charge in [0.25, 0.3) is 5.91 Å². The SMILES string of the molecule is CF.COCc1cc(C(=O)Nc2cc(C3CCC(OC(=O)NC(C)C)C3)nn2C(C)(C)C)n(C)n1.